The van der Waals surface area contributed by atoms with E-state index in [1.165, 1.54) is 6.92 Å². The van der Waals surface area contributed by atoms with Crippen molar-refractivity contribution in [2.45, 2.75) is 140 Å². The Balaban J connectivity index is 1.78. The number of aliphatic carboxylic acids is 1. The molecule has 1 fully saturated rings. The fraction of sp³-hybridized carbons (Fsp3) is 0.500. The van der Waals surface area contributed by atoms with E-state index in [4.69, 9.17) is 28.7 Å². The van der Waals surface area contributed by atoms with Crippen molar-refractivity contribution in [3.63, 3.8) is 0 Å². The molecule has 0 spiro atoms. The Labute approximate surface area is 440 Å². The van der Waals surface area contributed by atoms with Gasteiger partial charge in [-0.2, -0.15) is 0 Å². The first-order valence-electron chi connectivity index (χ1n) is 25.5. The van der Waals surface area contributed by atoms with Gasteiger partial charge in [0.25, 0.3) is 0 Å². The molecule has 76 heavy (non-hydrogen) atoms. The summed E-state index contributed by atoms with van der Waals surface area (Å²) >= 11 is 0. The van der Waals surface area contributed by atoms with Crippen LogP contribution >= 0.6 is 0 Å². The number of carbonyl (C=O) groups is 10. The number of H-pyrrole nitrogens is 1. The summed E-state index contributed by atoms with van der Waals surface area (Å²) in [5, 5.41) is 24.1. The molecule has 2 heterocycles. The summed E-state index contributed by atoms with van der Waals surface area (Å²) in [6.07, 6.45) is 0.137. The molecule has 6 amide bonds. The summed E-state index contributed by atoms with van der Waals surface area (Å²) in [7, 11) is 0. The summed E-state index contributed by atoms with van der Waals surface area (Å²) in [6, 6.07) is 8.96. The fourth-order valence-corrected chi connectivity index (χ4v) is 8.94. The number of ketones is 3. The lowest BCUT2D eigenvalue weighted by Crippen LogP contribution is -2.58. The third-order valence-corrected chi connectivity index (χ3v) is 13.0. The number of aliphatic imine (C=N–C) groups is 2. The quantitative estimate of drug-likeness (QED) is 0.0425. The zero-order valence-electron chi connectivity index (χ0n) is 42.9. The first-order valence-corrected chi connectivity index (χ1v) is 25.5. The summed E-state index contributed by atoms with van der Waals surface area (Å²) < 4.78 is 0. The topological polar surface area (TPSA) is 422 Å². The van der Waals surface area contributed by atoms with Gasteiger partial charge < -0.3 is 65.3 Å². The van der Waals surface area contributed by atoms with E-state index in [0.717, 1.165) is 10.9 Å². The van der Waals surface area contributed by atoms with E-state index in [0.29, 0.717) is 11.1 Å². The highest BCUT2D eigenvalue weighted by Gasteiger charge is 2.35. The van der Waals surface area contributed by atoms with E-state index < -0.39 is 114 Å². The third-order valence-electron chi connectivity index (χ3n) is 13.0. The molecule has 24 heteroatoms. The molecule has 1 aliphatic heterocycles. The number of nitrogens with zero attached hydrogens (tertiary/aromatic N) is 2. The number of aromatic amines is 1. The summed E-state index contributed by atoms with van der Waals surface area (Å²) in [6.45, 7) is 1.38. The number of nitrogens with one attached hydrogen (secondary N) is 6. The van der Waals surface area contributed by atoms with Crippen LogP contribution in [0.2, 0.25) is 0 Å². The van der Waals surface area contributed by atoms with E-state index in [-0.39, 0.29) is 114 Å². The number of hydrogen-bond acceptors (Lipinski definition) is 12. The van der Waals surface area contributed by atoms with Gasteiger partial charge in [0.1, 0.15) is 35.7 Å². The first-order chi connectivity index (χ1) is 36.2. The maximum Gasteiger partial charge on any atom is 0.326 e. The molecule has 1 saturated heterocycles. The lowest BCUT2D eigenvalue weighted by molar-refractivity contribution is -0.143. The van der Waals surface area contributed by atoms with Crippen molar-refractivity contribution in [1.29, 1.82) is 0 Å². The number of carboxylic acid groups (broad SMARTS) is 1. The van der Waals surface area contributed by atoms with E-state index in [9.17, 15) is 53.1 Å². The molecule has 0 aliphatic carbocycles. The zero-order chi connectivity index (χ0) is 55.7. The van der Waals surface area contributed by atoms with E-state index >= 15 is 0 Å². The Bertz CT molecular complexity index is 2580. The number of carbonyl (C=O) groups excluding carboxylic acids is 9. The van der Waals surface area contributed by atoms with Crippen LogP contribution in [0.4, 0.5) is 0 Å². The van der Waals surface area contributed by atoms with Gasteiger partial charge in [0.15, 0.2) is 17.7 Å². The van der Waals surface area contributed by atoms with Crippen LogP contribution in [0.5, 0.6) is 0 Å². The SMILES string of the molecule is CC(=O)N[C@@H](CCCN=C(N)N)C(=O)N[C@H]1CCC(=O)CCCC[C@@H](C(=O)O)NC(=O)[C@H](Cc2c[nH]c3ccccc23)CC(=O)[C@H](CCCN=C(N)N)CC(=O)[C@@H](Cc2ccccc2)NC(=O)[C@H](CCC(N)=O)NC1=O. The number of guanidine groups is 2. The van der Waals surface area contributed by atoms with Crippen molar-refractivity contribution in [3.05, 3.63) is 71.9 Å². The van der Waals surface area contributed by atoms with Crippen molar-refractivity contribution in [3.8, 4) is 0 Å². The van der Waals surface area contributed by atoms with Crippen molar-refractivity contribution in [2.75, 3.05) is 13.1 Å². The molecule has 412 valence electrons. The number of carboxylic acids is 1. The number of Topliss-reactive ketones (excluding diaryl/α,β-unsaturated/α-hetero) is 3. The third kappa shape index (κ3) is 21.0. The Morgan fingerprint density at radius 2 is 1.37 bits per heavy atom. The molecular formula is C52H73N13O11. The number of para-hydroxylation sites is 1. The van der Waals surface area contributed by atoms with E-state index in [2.05, 4.69) is 41.6 Å². The second-order valence-electron chi connectivity index (χ2n) is 19.0. The lowest BCUT2D eigenvalue weighted by Gasteiger charge is -2.27. The van der Waals surface area contributed by atoms with Gasteiger partial charge >= 0.3 is 5.97 Å². The highest BCUT2D eigenvalue weighted by Crippen LogP contribution is 2.26. The van der Waals surface area contributed by atoms with Crippen molar-refractivity contribution in [2.24, 2.45) is 50.5 Å². The molecular weight excluding hydrogens is 983 g/mol. The Morgan fingerprint density at radius 1 is 0.711 bits per heavy atom. The van der Waals surface area contributed by atoms with Gasteiger partial charge in [-0.25, -0.2) is 4.79 Å². The standard InChI is InChI=1S/C52H73N13O11/c1-30(66)61-38(18-10-24-59-52(56)57)47(72)62-39-20-19-35(67)14-5-7-17-41(50(75)76)64-46(71)33(26-34-29-60-37-16-8-6-15-36(34)37)28-43(68)32(13-9-23-58-51(54)55)27-44(69)42(25-31-11-3-2-4-12-31)65-49(74)40(63-48(39)73)21-22-45(53)70/h2-4,6,8,11-12,15-16,29,32-33,38-42,60H,5,7,9-10,13-14,17-28H2,1H3,(H2,53,70)(H,61,66)(H,62,72)(H,63,73)(H,64,71)(H,65,74)(H,75,76)(H4,54,55,58)(H4,56,57,59)/t32-,33-,38+,39+,40+,41+,42-/m1/s1. The Kier molecular flexibility index (Phi) is 24.5. The highest BCUT2D eigenvalue weighted by atomic mass is 16.4. The van der Waals surface area contributed by atoms with Crippen LogP contribution in [0.25, 0.3) is 10.9 Å². The van der Waals surface area contributed by atoms with Crippen LogP contribution in [0.3, 0.4) is 0 Å². The van der Waals surface area contributed by atoms with Crippen molar-refractivity contribution >= 4 is 81.6 Å². The Hall–Kier alpha value is -8.18. The normalized spacial score (nSPS) is 21.2. The van der Waals surface area contributed by atoms with E-state index in [1.54, 1.807) is 36.5 Å². The molecule has 4 rings (SSSR count). The minimum absolute atomic E-state index is 0.0109. The van der Waals surface area contributed by atoms with Crippen LogP contribution in [0.1, 0.15) is 108 Å². The Morgan fingerprint density at radius 3 is 2.04 bits per heavy atom. The van der Waals surface area contributed by atoms with Crippen molar-refractivity contribution < 1.29 is 53.1 Å². The summed E-state index contributed by atoms with van der Waals surface area (Å²) in [4.78, 5) is 148. The fourth-order valence-electron chi connectivity index (χ4n) is 8.94. The molecule has 1 aromatic heterocycles. The number of aromatic nitrogens is 1. The van der Waals surface area contributed by atoms with Gasteiger partial charge in [0.05, 0.1) is 6.04 Å². The van der Waals surface area contributed by atoms with Gasteiger partial charge in [-0.3, -0.25) is 53.1 Å². The lowest BCUT2D eigenvalue weighted by atomic mass is 9.83. The first kappa shape index (κ1) is 60.4. The average Bonchev–Trinajstić information content (AvgIpc) is 3.78. The van der Waals surface area contributed by atoms with Crippen LogP contribution in [0.15, 0.2) is 70.8 Å². The molecule has 24 nitrogen and oxygen atoms in total. The number of rotatable bonds is 19. The maximum absolute atomic E-state index is 14.7. The molecule has 17 N–H and O–H groups in total. The van der Waals surface area contributed by atoms with Crippen molar-refractivity contribution in [1.82, 2.24) is 31.6 Å². The van der Waals surface area contributed by atoms with Crippen LogP contribution < -0.4 is 55.3 Å². The number of nitrogens with two attached hydrogens (primary N) is 5. The molecule has 7 atom stereocenters. The smallest absolute Gasteiger partial charge is 0.326 e. The number of benzene rings is 2. The largest absolute Gasteiger partial charge is 0.480 e. The molecule has 0 unspecified atom stereocenters. The molecule has 0 saturated carbocycles. The maximum atomic E-state index is 14.7. The molecule has 3 aromatic rings. The number of primary amides is 1. The van der Waals surface area contributed by atoms with Gasteiger partial charge in [0, 0.05) is 81.1 Å². The minimum Gasteiger partial charge on any atom is -0.480 e. The van der Waals surface area contributed by atoms with Gasteiger partial charge in [-0.15, -0.1) is 0 Å². The second-order valence-corrected chi connectivity index (χ2v) is 19.0. The summed E-state index contributed by atoms with van der Waals surface area (Å²) in [5.41, 5.74) is 29.6. The highest BCUT2D eigenvalue weighted by molar-refractivity contribution is 5.98. The average molecular weight is 1060 g/mol. The van der Waals surface area contributed by atoms with Crippen LogP contribution in [-0.2, 0) is 60.8 Å². The second kappa shape index (κ2) is 30.9. The van der Waals surface area contributed by atoms with Gasteiger partial charge in [-0.05, 0) is 81.4 Å². The minimum atomic E-state index is -1.54. The molecule has 0 bridgehead atoms. The zero-order valence-corrected chi connectivity index (χ0v) is 42.9. The van der Waals surface area contributed by atoms with Crippen LogP contribution in [-0.4, -0.2) is 124 Å². The van der Waals surface area contributed by atoms with Gasteiger partial charge in [-0.1, -0.05) is 55.0 Å². The van der Waals surface area contributed by atoms with E-state index in [1.807, 2.05) is 24.3 Å². The monoisotopic (exact) mass is 1060 g/mol. The van der Waals surface area contributed by atoms with Crippen LogP contribution in [0, 0.1) is 11.8 Å². The molecule has 2 aromatic carbocycles. The predicted octanol–water partition coefficient (Wildman–Crippen LogP) is -0.0716. The number of fused-ring (bicyclic) bond motifs is 1. The summed E-state index contributed by atoms with van der Waals surface area (Å²) in [5.74, 6) is -10.2. The molecule has 1 aliphatic rings. The predicted molar refractivity (Wildman–Crippen MR) is 282 cm³/mol. The number of amides is 6. The van der Waals surface area contributed by atoms with Gasteiger partial charge in [0.2, 0.25) is 35.4 Å². The number of hydrogen-bond donors (Lipinski definition) is 12. The molecule has 0 radical (unpaired) electrons.